The zero-order valence-corrected chi connectivity index (χ0v) is 8.87. The van der Waals surface area contributed by atoms with Gasteiger partial charge in [0.1, 0.15) is 6.29 Å². The Morgan fingerprint density at radius 2 is 2.29 bits per heavy atom. The van der Waals surface area contributed by atoms with Gasteiger partial charge in [-0.15, -0.1) is 0 Å². The standard InChI is InChI=1S/C9H9BrN2O2/c10-7-2-1-3-8(6-7)12-9(14)11-4-5-13/h1-3,5-6H,4H2,(H2,11,12,14). The second kappa shape index (κ2) is 5.39. The van der Waals surface area contributed by atoms with Crippen molar-refractivity contribution in [1.82, 2.24) is 5.32 Å². The predicted octanol–water partition coefficient (Wildman–Crippen LogP) is 1.77. The fraction of sp³-hybridized carbons (Fsp3) is 0.111. The zero-order chi connectivity index (χ0) is 10.4. The lowest BCUT2D eigenvalue weighted by Gasteiger charge is -2.04. The largest absolute Gasteiger partial charge is 0.331 e. The first kappa shape index (κ1) is 10.7. The Morgan fingerprint density at radius 3 is 2.93 bits per heavy atom. The third kappa shape index (κ3) is 3.57. The molecular formula is C9H9BrN2O2. The van der Waals surface area contributed by atoms with E-state index in [0.717, 1.165) is 4.47 Å². The molecule has 14 heavy (non-hydrogen) atoms. The molecule has 5 heteroatoms. The van der Waals surface area contributed by atoms with Crippen LogP contribution >= 0.6 is 15.9 Å². The van der Waals surface area contributed by atoms with E-state index >= 15 is 0 Å². The summed E-state index contributed by atoms with van der Waals surface area (Å²) in [5.41, 5.74) is 0.669. The highest BCUT2D eigenvalue weighted by molar-refractivity contribution is 9.10. The van der Waals surface area contributed by atoms with Crippen LogP contribution in [-0.4, -0.2) is 18.9 Å². The van der Waals surface area contributed by atoms with Gasteiger partial charge < -0.3 is 15.4 Å². The molecule has 0 saturated carbocycles. The quantitative estimate of drug-likeness (QED) is 0.811. The van der Waals surface area contributed by atoms with E-state index in [4.69, 9.17) is 0 Å². The van der Waals surface area contributed by atoms with E-state index in [2.05, 4.69) is 26.6 Å². The lowest BCUT2D eigenvalue weighted by Crippen LogP contribution is -2.29. The van der Waals surface area contributed by atoms with Crippen LogP contribution in [-0.2, 0) is 4.79 Å². The molecule has 0 unspecified atom stereocenters. The van der Waals surface area contributed by atoms with Crippen molar-refractivity contribution in [2.75, 3.05) is 11.9 Å². The van der Waals surface area contributed by atoms with Gasteiger partial charge in [0.15, 0.2) is 0 Å². The monoisotopic (exact) mass is 256 g/mol. The number of carbonyl (C=O) groups excluding carboxylic acids is 2. The van der Waals surface area contributed by atoms with Crippen molar-refractivity contribution in [3.05, 3.63) is 28.7 Å². The molecule has 0 radical (unpaired) electrons. The summed E-state index contributed by atoms with van der Waals surface area (Å²) in [4.78, 5) is 21.1. The van der Waals surface area contributed by atoms with E-state index in [9.17, 15) is 9.59 Å². The van der Waals surface area contributed by atoms with Gasteiger partial charge in [0.05, 0.1) is 6.54 Å². The highest BCUT2D eigenvalue weighted by Gasteiger charge is 1.99. The molecule has 1 rings (SSSR count). The van der Waals surface area contributed by atoms with Crippen molar-refractivity contribution >= 4 is 33.9 Å². The van der Waals surface area contributed by atoms with Crippen LogP contribution < -0.4 is 10.6 Å². The van der Waals surface area contributed by atoms with E-state index in [0.29, 0.717) is 12.0 Å². The average Bonchev–Trinajstić information content (AvgIpc) is 2.15. The molecule has 2 amide bonds. The highest BCUT2D eigenvalue weighted by Crippen LogP contribution is 2.15. The minimum Gasteiger partial charge on any atom is -0.331 e. The van der Waals surface area contributed by atoms with Gasteiger partial charge in [-0.25, -0.2) is 4.79 Å². The van der Waals surface area contributed by atoms with Crippen LogP contribution in [0.2, 0.25) is 0 Å². The topological polar surface area (TPSA) is 58.2 Å². The Bertz CT molecular complexity index is 341. The highest BCUT2D eigenvalue weighted by atomic mass is 79.9. The molecule has 1 aromatic carbocycles. The normalized spacial score (nSPS) is 9.21. The summed E-state index contributed by atoms with van der Waals surface area (Å²) in [5, 5.41) is 4.95. The summed E-state index contributed by atoms with van der Waals surface area (Å²) < 4.78 is 0.880. The molecule has 0 aromatic heterocycles. The lowest BCUT2D eigenvalue weighted by molar-refractivity contribution is -0.107. The molecule has 0 heterocycles. The molecule has 0 bridgehead atoms. The van der Waals surface area contributed by atoms with Crippen LogP contribution in [0.25, 0.3) is 0 Å². The zero-order valence-electron chi connectivity index (χ0n) is 7.29. The van der Waals surface area contributed by atoms with Gasteiger partial charge in [-0.1, -0.05) is 22.0 Å². The van der Waals surface area contributed by atoms with Crippen molar-refractivity contribution in [2.45, 2.75) is 0 Å². The molecule has 0 aliphatic heterocycles. The minimum absolute atomic E-state index is 0.0137. The van der Waals surface area contributed by atoms with Gasteiger partial charge in [-0.2, -0.15) is 0 Å². The molecule has 0 atom stereocenters. The Balaban J connectivity index is 2.51. The Hall–Kier alpha value is -1.36. The van der Waals surface area contributed by atoms with Gasteiger partial charge in [-0.05, 0) is 18.2 Å². The minimum atomic E-state index is -0.393. The van der Waals surface area contributed by atoms with Crippen molar-refractivity contribution in [2.24, 2.45) is 0 Å². The smallest absolute Gasteiger partial charge is 0.319 e. The van der Waals surface area contributed by atoms with E-state index in [1.807, 2.05) is 6.07 Å². The number of hydrogen-bond acceptors (Lipinski definition) is 2. The van der Waals surface area contributed by atoms with Gasteiger partial charge in [0.2, 0.25) is 0 Å². The van der Waals surface area contributed by atoms with Crippen molar-refractivity contribution in [3.8, 4) is 0 Å². The average molecular weight is 257 g/mol. The molecule has 0 aliphatic rings. The first-order valence-electron chi connectivity index (χ1n) is 3.96. The van der Waals surface area contributed by atoms with Crippen LogP contribution in [0, 0.1) is 0 Å². The van der Waals surface area contributed by atoms with Gasteiger partial charge >= 0.3 is 6.03 Å². The molecule has 0 aliphatic carbocycles. The Labute approximate surface area is 89.8 Å². The van der Waals surface area contributed by atoms with Crippen LogP contribution in [0.5, 0.6) is 0 Å². The lowest BCUT2D eigenvalue weighted by atomic mass is 10.3. The second-order valence-corrected chi connectivity index (χ2v) is 3.43. The first-order valence-corrected chi connectivity index (χ1v) is 4.75. The molecule has 0 spiro atoms. The molecule has 4 nitrogen and oxygen atoms in total. The van der Waals surface area contributed by atoms with Gasteiger partial charge in [0.25, 0.3) is 0 Å². The maximum absolute atomic E-state index is 11.1. The molecule has 2 N–H and O–H groups in total. The second-order valence-electron chi connectivity index (χ2n) is 2.51. The number of urea groups is 1. The fourth-order valence-corrected chi connectivity index (χ4v) is 1.28. The number of nitrogens with one attached hydrogen (secondary N) is 2. The van der Waals surface area contributed by atoms with Crippen molar-refractivity contribution < 1.29 is 9.59 Å². The summed E-state index contributed by atoms with van der Waals surface area (Å²) >= 11 is 3.28. The third-order valence-corrected chi connectivity index (χ3v) is 1.92. The SMILES string of the molecule is O=CCNC(=O)Nc1cccc(Br)c1. The molecule has 1 aromatic rings. The van der Waals surface area contributed by atoms with Crippen LogP contribution in [0.3, 0.4) is 0 Å². The summed E-state index contributed by atoms with van der Waals surface area (Å²) in [6.45, 7) is 0.0137. The van der Waals surface area contributed by atoms with Gasteiger partial charge in [0, 0.05) is 10.2 Å². The van der Waals surface area contributed by atoms with E-state index in [1.165, 1.54) is 0 Å². The van der Waals surface area contributed by atoms with Crippen molar-refractivity contribution in [3.63, 3.8) is 0 Å². The number of rotatable bonds is 3. The third-order valence-electron chi connectivity index (χ3n) is 1.43. The number of aldehydes is 1. The number of amides is 2. The summed E-state index contributed by atoms with van der Waals surface area (Å²) in [5.74, 6) is 0. The Kier molecular flexibility index (Phi) is 4.12. The number of carbonyl (C=O) groups is 2. The molecular weight excluding hydrogens is 248 g/mol. The maximum Gasteiger partial charge on any atom is 0.319 e. The van der Waals surface area contributed by atoms with Crippen LogP contribution in [0.1, 0.15) is 0 Å². The molecule has 0 saturated heterocycles. The number of benzene rings is 1. The molecule has 74 valence electrons. The Morgan fingerprint density at radius 1 is 1.50 bits per heavy atom. The van der Waals surface area contributed by atoms with Crippen molar-refractivity contribution in [1.29, 1.82) is 0 Å². The molecule has 0 fully saturated rings. The predicted molar refractivity (Wildman–Crippen MR) is 57.2 cm³/mol. The van der Waals surface area contributed by atoms with Crippen LogP contribution in [0.4, 0.5) is 10.5 Å². The first-order chi connectivity index (χ1) is 6.72. The van der Waals surface area contributed by atoms with Gasteiger partial charge in [-0.3, -0.25) is 0 Å². The van der Waals surface area contributed by atoms with E-state index in [-0.39, 0.29) is 6.54 Å². The summed E-state index contributed by atoms with van der Waals surface area (Å²) in [6, 6.07) is 6.79. The van der Waals surface area contributed by atoms with Crippen LogP contribution in [0.15, 0.2) is 28.7 Å². The summed E-state index contributed by atoms with van der Waals surface area (Å²) in [6.07, 6.45) is 0.625. The number of halogens is 1. The number of hydrogen-bond donors (Lipinski definition) is 2. The fourth-order valence-electron chi connectivity index (χ4n) is 0.876. The van der Waals surface area contributed by atoms with E-state index in [1.54, 1.807) is 18.2 Å². The summed E-state index contributed by atoms with van der Waals surface area (Å²) in [7, 11) is 0. The van der Waals surface area contributed by atoms with E-state index < -0.39 is 6.03 Å². The maximum atomic E-state index is 11.1. The number of anilines is 1.